The Morgan fingerprint density at radius 3 is 2.00 bits per heavy atom. The Morgan fingerprint density at radius 2 is 1.73 bits per heavy atom. The molecule has 0 aliphatic rings. The predicted octanol–water partition coefficient (Wildman–Crippen LogP) is 0.404. The predicted molar refractivity (Wildman–Crippen MR) is 47.1 cm³/mol. The summed E-state index contributed by atoms with van der Waals surface area (Å²) in [5, 5.41) is -0.272. The summed E-state index contributed by atoms with van der Waals surface area (Å²) < 4.78 is 22.6. The highest BCUT2D eigenvalue weighted by Crippen LogP contribution is 2.11. The summed E-state index contributed by atoms with van der Waals surface area (Å²) in [4.78, 5) is 0. The van der Waals surface area contributed by atoms with E-state index < -0.39 is 9.84 Å². The molecule has 4 heteroatoms. The van der Waals surface area contributed by atoms with Crippen molar-refractivity contribution >= 4 is 9.84 Å². The van der Waals surface area contributed by atoms with E-state index in [1.54, 1.807) is 6.92 Å². The fourth-order valence-corrected chi connectivity index (χ4v) is 2.29. The SMILES string of the molecule is CC(C)C(C)S(=O)(=O)CCN. The topological polar surface area (TPSA) is 60.2 Å². The van der Waals surface area contributed by atoms with Gasteiger partial charge in [-0.25, -0.2) is 8.42 Å². The maximum Gasteiger partial charge on any atom is 0.154 e. The van der Waals surface area contributed by atoms with Crippen molar-refractivity contribution in [3.8, 4) is 0 Å². The highest BCUT2D eigenvalue weighted by atomic mass is 32.2. The molecule has 3 nitrogen and oxygen atoms in total. The lowest BCUT2D eigenvalue weighted by Crippen LogP contribution is -2.29. The molecule has 0 saturated carbocycles. The van der Waals surface area contributed by atoms with Crippen molar-refractivity contribution in [3.05, 3.63) is 0 Å². The summed E-state index contributed by atoms with van der Waals surface area (Å²) in [6.45, 7) is 5.76. The molecule has 0 aromatic heterocycles. The fourth-order valence-electron chi connectivity index (χ4n) is 0.765. The summed E-state index contributed by atoms with van der Waals surface area (Å²) >= 11 is 0. The quantitative estimate of drug-likeness (QED) is 0.679. The van der Waals surface area contributed by atoms with Crippen LogP contribution in [0.4, 0.5) is 0 Å². The lowest BCUT2D eigenvalue weighted by Gasteiger charge is -2.15. The smallest absolute Gasteiger partial charge is 0.154 e. The molecule has 0 amide bonds. The van der Waals surface area contributed by atoms with Gasteiger partial charge in [-0.3, -0.25) is 0 Å². The third-order valence-electron chi connectivity index (χ3n) is 1.91. The second-order valence-electron chi connectivity index (χ2n) is 3.10. The summed E-state index contributed by atoms with van der Waals surface area (Å²) in [5.74, 6) is 0.276. The van der Waals surface area contributed by atoms with E-state index in [0.717, 1.165) is 0 Å². The molecule has 0 radical (unpaired) electrons. The minimum absolute atomic E-state index is 0.104. The van der Waals surface area contributed by atoms with E-state index >= 15 is 0 Å². The molecule has 1 unspecified atom stereocenters. The van der Waals surface area contributed by atoms with Crippen molar-refractivity contribution in [2.24, 2.45) is 11.7 Å². The molecule has 0 bridgehead atoms. The lowest BCUT2D eigenvalue weighted by atomic mass is 10.2. The third kappa shape index (κ3) is 3.20. The molecule has 11 heavy (non-hydrogen) atoms. The molecule has 2 N–H and O–H groups in total. The van der Waals surface area contributed by atoms with Crippen molar-refractivity contribution in [1.29, 1.82) is 0 Å². The molecule has 0 aromatic rings. The second-order valence-corrected chi connectivity index (χ2v) is 5.58. The standard InChI is InChI=1S/C7H17NO2S/c1-6(2)7(3)11(9,10)5-4-8/h6-7H,4-5,8H2,1-3H3. The fraction of sp³-hybridized carbons (Fsp3) is 1.00. The van der Waals surface area contributed by atoms with Gasteiger partial charge in [0, 0.05) is 6.54 Å². The number of hydrogen-bond acceptors (Lipinski definition) is 3. The van der Waals surface area contributed by atoms with Gasteiger partial charge in [0.05, 0.1) is 11.0 Å². The van der Waals surface area contributed by atoms with Crippen LogP contribution < -0.4 is 5.73 Å². The number of hydrogen-bond donors (Lipinski definition) is 1. The van der Waals surface area contributed by atoms with Crippen LogP contribution in [0, 0.1) is 5.92 Å². The summed E-state index contributed by atoms with van der Waals surface area (Å²) in [6.07, 6.45) is 0. The summed E-state index contributed by atoms with van der Waals surface area (Å²) in [7, 11) is -2.93. The van der Waals surface area contributed by atoms with Gasteiger partial charge < -0.3 is 5.73 Å². The molecule has 0 rings (SSSR count). The Labute approximate surface area is 68.9 Å². The van der Waals surface area contributed by atoms with Crippen LogP contribution in [0.1, 0.15) is 20.8 Å². The van der Waals surface area contributed by atoms with Gasteiger partial charge in [-0.15, -0.1) is 0 Å². The molecule has 0 spiro atoms. The second kappa shape index (κ2) is 4.07. The van der Waals surface area contributed by atoms with Crippen LogP contribution in [0.15, 0.2) is 0 Å². The van der Waals surface area contributed by atoms with Gasteiger partial charge in [0.1, 0.15) is 0 Å². The van der Waals surface area contributed by atoms with Gasteiger partial charge in [0.2, 0.25) is 0 Å². The minimum Gasteiger partial charge on any atom is -0.329 e. The van der Waals surface area contributed by atoms with Gasteiger partial charge >= 0.3 is 0 Å². The molecule has 0 aliphatic carbocycles. The monoisotopic (exact) mass is 179 g/mol. The first kappa shape index (κ1) is 10.9. The van der Waals surface area contributed by atoms with E-state index in [0.29, 0.717) is 0 Å². The Morgan fingerprint density at radius 1 is 1.27 bits per heavy atom. The normalized spacial score (nSPS) is 15.4. The first-order valence-electron chi connectivity index (χ1n) is 3.83. The largest absolute Gasteiger partial charge is 0.329 e. The maximum atomic E-state index is 11.3. The van der Waals surface area contributed by atoms with Gasteiger partial charge in [-0.1, -0.05) is 13.8 Å². The van der Waals surface area contributed by atoms with Crippen molar-refractivity contribution < 1.29 is 8.42 Å². The Balaban J connectivity index is 4.31. The summed E-state index contributed by atoms with van der Waals surface area (Å²) in [5.41, 5.74) is 5.17. The zero-order chi connectivity index (χ0) is 9.07. The molecule has 0 heterocycles. The van der Waals surface area contributed by atoms with E-state index in [2.05, 4.69) is 0 Å². The van der Waals surface area contributed by atoms with Crippen LogP contribution in [0.2, 0.25) is 0 Å². The van der Waals surface area contributed by atoms with Crippen molar-refractivity contribution in [3.63, 3.8) is 0 Å². The van der Waals surface area contributed by atoms with Crippen LogP contribution >= 0.6 is 0 Å². The van der Waals surface area contributed by atoms with Crippen LogP contribution in [0.3, 0.4) is 0 Å². The molecular formula is C7H17NO2S. The van der Waals surface area contributed by atoms with Gasteiger partial charge in [-0.2, -0.15) is 0 Å². The minimum atomic E-state index is -2.93. The zero-order valence-electron chi connectivity index (χ0n) is 7.37. The lowest BCUT2D eigenvalue weighted by molar-refractivity contribution is 0.546. The first-order valence-corrected chi connectivity index (χ1v) is 5.55. The molecule has 1 atom stereocenters. The average Bonchev–Trinajstić information content (AvgIpc) is 1.86. The first-order chi connectivity index (χ1) is 4.91. The van der Waals surface area contributed by atoms with E-state index in [1.165, 1.54) is 0 Å². The van der Waals surface area contributed by atoms with Gasteiger partial charge in [0.25, 0.3) is 0 Å². The molecule has 0 fully saturated rings. The van der Waals surface area contributed by atoms with Gasteiger partial charge in [-0.05, 0) is 12.8 Å². The summed E-state index contributed by atoms with van der Waals surface area (Å²) in [6, 6.07) is 0. The number of nitrogens with two attached hydrogens (primary N) is 1. The highest BCUT2D eigenvalue weighted by Gasteiger charge is 2.22. The van der Waals surface area contributed by atoms with E-state index in [-0.39, 0.29) is 23.5 Å². The molecule has 0 aromatic carbocycles. The molecular weight excluding hydrogens is 162 g/mol. The Kier molecular flexibility index (Phi) is 4.03. The third-order valence-corrected chi connectivity index (χ3v) is 4.39. The molecule has 0 aliphatic heterocycles. The average molecular weight is 179 g/mol. The number of rotatable bonds is 4. The zero-order valence-corrected chi connectivity index (χ0v) is 8.19. The van der Waals surface area contributed by atoms with Gasteiger partial charge in [0.15, 0.2) is 9.84 Å². The maximum absolute atomic E-state index is 11.3. The van der Waals surface area contributed by atoms with E-state index in [9.17, 15) is 8.42 Å². The Hall–Kier alpha value is -0.0900. The van der Waals surface area contributed by atoms with Crippen molar-refractivity contribution in [2.45, 2.75) is 26.0 Å². The van der Waals surface area contributed by atoms with Crippen molar-refractivity contribution in [2.75, 3.05) is 12.3 Å². The van der Waals surface area contributed by atoms with E-state index in [4.69, 9.17) is 5.73 Å². The van der Waals surface area contributed by atoms with Crippen molar-refractivity contribution in [1.82, 2.24) is 0 Å². The number of sulfone groups is 1. The van der Waals surface area contributed by atoms with Crippen LogP contribution in [0.25, 0.3) is 0 Å². The highest BCUT2D eigenvalue weighted by molar-refractivity contribution is 7.92. The van der Waals surface area contributed by atoms with Crippen LogP contribution in [-0.4, -0.2) is 26.0 Å². The van der Waals surface area contributed by atoms with Crippen LogP contribution in [0.5, 0.6) is 0 Å². The Bertz CT molecular complexity index is 196. The molecule has 68 valence electrons. The molecule has 0 saturated heterocycles. The van der Waals surface area contributed by atoms with Crippen LogP contribution in [-0.2, 0) is 9.84 Å². The van der Waals surface area contributed by atoms with E-state index in [1.807, 2.05) is 13.8 Å².